The predicted molar refractivity (Wildman–Crippen MR) is 125 cm³/mol. The molecule has 4 aromatic rings. The van der Waals surface area contributed by atoms with Gasteiger partial charge in [-0.25, -0.2) is 15.0 Å². The number of benzene rings is 1. The Balaban J connectivity index is 1.53. The van der Waals surface area contributed by atoms with Crippen molar-refractivity contribution in [1.82, 2.24) is 25.3 Å². The van der Waals surface area contributed by atoms with E-state index in [9.17, 15) is 4.79 Å². The number of hydrogen-bond donors (Lipinski definition) is 3. The third-order valence-electron chi connectivity index (χ3n) is 4.73. The minimum atomic E-state index is -0.269. The van der Waals surface area contributed by atoms with Crippen molar-refractivity contribution in [3.8, 4) is 11.4 Å². The van der Waals surface area contributed by atoms with Crippen LogP contribution in [0.3, 0.4) is 0 Å². The minimum absolute atomic E-state index is 0.269. The lowest BCUT2D eigenvalue weighted by Crippen LogP contribution is -2.20. The molecule has 0 unspecified atom stereocenters. The standard InChI is InChI=1S/C24H23N7O/c1-25-24(32)20-16-29-22(17-7-3-2-4-8-17)31-23(20)30-19-11-14-28-21(15-19)27-13-10-18-9-5-6-12-26-18/h2-9,11-12,14-16H,10,13H2,1H3,(H,25,32)(H2,27,28,29,30,31). The Hall–Kier alpha value is -4.33. The van der Waals surface area contributed by atoms with Crippen LogP contribution in [-0.2, 0) is 6.42 Å². The zero-order chi connectivity index (χ0) is 22.2. The number of carbonyl (C=O) groups excluding carboxylic acids is 1. The summed E-state index contributed by atoms with van der Waals surface area (Å²) in [4.78, 5) is 30.0. The summed E-state index contributed by atoms with van der Waals surface area (Å²) in [7, 11) is 1.58. The molecule has 8 heteroatoms. The van der Waals surface area contributed by atoms with E-state index in [-0.39, 0.29) is 5.91 Å². The van der Waals surface area contributed by atoms with E-state index in [2.05, 4.69) is 35.9 Å². The second-order valence-electron chi connectivity index (χ2n) is 6.95. The average molecular weight is 425 g/mol. The van der Waals surface area contributed by atoms with E-state index in [4.69, 9.17) is 0 Å². The fourth-order valence-electron chi connectivity index (χ4n) is 3.11. The molecule has 3 N–H and O–H groups in total. The second-order valence-corrected chi connectivity index (χ2v) is 6.95. The summed E-state index contributed by atoms with van der Waals surface area (Å²) in [5, 5.41) is 9.18. The Morgan fingerprint density at radius 3 is 2.56 bits per heavy atom. The molecule has 0 saturated carbocycles. The van der Waals surface area contributed by atoms with Gasteiger partial charge in [0.15, 0.2) is 5.82 Å². The maximum Gasteiger partial charge on any atom is 0.256 e. The first kappa shape index (κ1) is 20.9. The van der Waals surface area contributed by atoms with Crippen LogP contribution in [0.1, 0.15) is 16.1 Å². The zero-order valence-electron chi connectivity index (χ0n) is 17.6. The number of rotatable bonds is 8. The molecule has 0 aliphatic heterocycles. The summed E-state index contributed by atoms with van der Waals surface area (Å²) < 4.78 is 0. The van der Waals surface area contributed by atoms with E-state index in [0.29, 0.717) is 29.6 Å². The fraction of sp³-hybridized carbons (Fsp3) is 0.125. The highest BCUT2D eigenvalue weighted by Gasteiger charge is 2.15. The van der Waals surface area contributed by atoms with Crippen LogP contribution in [0.5, 0.6) is 0 Å². The SMILES string of the molecule is CNC(=O)c1cnc(-c2ccccc2)nc1Nc1ccnc(NCCc2ccccn2)c1. The van der Waals surface area contributed by atoms with E-state index in [1.165, 1.54) is 6.20 Å². The van der Waals surface area contributed by atoms with E-state index >= 15 is 0 Å². The molecule has 0 fully saturated rings. The normalized spacial score (nSPS) is 10.4. The lowest BCUT2D eigenvalue weighted by molar-refractivity contribution is 0.0963. The first-order valence-electron chi connectivity index (χ1n) is 10.2. The van der Waals surface area contributed by atoms with Gasteiger partial charge in [-0.2, -0.15) is 0 Å². The lowest BCUT2D eigenvalue weighted by Gasteiger charge is -2.13. The van der Waals surface area contributed by atoms with Gasteiger partial charge < -0.3 is 16.0 Å². The number of nitrogens with one attached hydrogen (secondary N) is 3. The highest BCUT2D eigenvalue weighted by atomic mass is 16.1. The van der Waals surface area contributed by atoms with Crippen molar-refractivity contribution in [2.75, 3.05) is 24.2 Å². The van der Waals surface area contributed by atoms with Gasteiger partial charge in [0.25, 0.3) is 5.91 Å². The highest BCUT2D eigenvalue weighted by molar-refractivity contribution is 5.99. The van der Waals surface area contributed by atoms with Gasteiger partial charge in [-0.05, 0) is 18.2 Å². The largest absolute Gasteiger partial charge is 0.370 e. The summed E-state index contributed by atoms with van der Waals surface area (Å²) in [6.07, 6.45) is 5.80. The Morgan fingerprint density at radius 2 is 1.78 bits per heavy atom. The molecule has 3 aromatic heterocycles. The number of amides is 1. The van der Waals surface area contributed by atoms with Gasteiger partial charge in [-0.1, -0.05) is 36.4 Å². The molecule has 0 saturated heterocycles. The molecular formula is C24H23N7O. The number of nitrogens with zero attached hydrogens (tertiary/aromatic N) is 4. The van der Waals surface area contributed by atoms with E-state index in [0.717, 1.165) is 23.4 Å². The summed E-state index contributed by atoms with van der Waals surface area (Å²) in [5.74, 6) is 1.40. The topological polar surface area (TPSA) is 105 Å². The molecule has 0 radical (unpaired) electrons. The van der Waals surface area contributed by atoms with E-state index < -0.39 is 0 Å². The Bertz CT molecular complexity index is 1180. The van der Waals surface area contributed by atoms with Gasteiger partial charge in [0.2, 0.25) is 0 Å². The van der Waals surface area contributed by atoms with Crippen LogP contribution in [0.2, 0.25) is 0 Å². The molecule has 32 heavy (non-hydrogen) atoms. The lowest BCUT2D eigenvalue weighted by atomic mass is 10.2. The first-order chi connectivity index (χ1) is 15.7. The molecule has 3 heterocycles. The molecule has 0 aliphatic carbocycles. The van der Waals surface area contributed by atoms with Gasteiger partial charge in [-0.15, -0.1) is 0 Å². The van der Waals surface area contributed by atoms with Crippen LogP contribution in [0.25, 0.3) is 11.4 Å². The summed E-state index contributed by atoms with van der Waals surface area (Å²) >= 11 is 0. The van der Waals surface area contributed by atoms with Crippen LogP contribution in [0.4, 0.5) is 17.3 Å². The monoisotopic (exact) mass is 425 g/mol. The van der Waals surface area contributed by atoms with Gasteiger partial charge in [0, 0.05) is 61.6 Å². The van der Waals surface area contributed by atoms with Crippen LogP contribution >= 0.6 is 0 Å². The van der Waals surface area contributed by atoms with Crippen molar-refractivity contribution >= 4 is 23.2 Å². The molecule has 160 valence electrons. The van der Waals surface area contributed by atoms with E-state index in [1.54, 1.807) is 19.4 Å². The molecular weight excluding hydrogens is 402 g/mol. The van der Waals surface area contributed by atoms with Crippen molar-refractivity contribution in [1.29, 1.82) is 0 Å². The molecule has 1 aromatic carbocycles. The van der Waals surface area contributed by atoms with Crippen molar-refractivity contribution in [2.24, 2.45) is 0 Å². The number of pyridine rings is 2. The van der Waals surface area contributed by atoms with Gasteiger partial charge >= 0.3 is 0 Å². The van der Waals surface area contributed by atoms with Gasteiger partial charge in [0.1, 0.15) is 17.2 Å². The molecule has 8 nitrogen and oxygen atoms in total. The van der Waals surface area contributed by atoms with Crippen LogP contribution in [-0.4, -0.2) is 39.4 Å². The number of hydrogen-bond acceptors (Lipinski definition) is 7. The van der Waals surface area contributed by atoms with Crippen LogP contribution in [0, 0.1) is 0 Å². The molecule has 0 aliphatic rings. The minimum Gasteiger partial charge on any atom is -0.370 e. The molecule has 1 amide bonds. The van der Waals surface area contributed by atoms with Crippen LogP contribution < -0.4 is 16.0 Å². The summed E-state index contributed by atoms with van der Waals surface area (Å²) in [6.45, 7) is 0.697. The van der Waals surface area contributed by atoms with Crippen molar-refractivity contribution < 1.29 is 4.79 Å². The molecule has 4 rings (SSSR count). The predicted octanol–water partition coefficient (Wildman–Crippen LogP) is 3.69. The molecule has 0 spiro atoms. The first-order valence-corrected chi connectivity index (χ1v) is 10.2. The van der Waals surface area contributed by atoms with Crippen molar-refractivity contribution in [3.63, 3.8) is 0 Å². The van der Waals surface area contributed by atoms with Gasteiger partial charge in [0.05, 0.1) is 0 Å². The van der Waals surface area contributed by atoms with Crippen molar-refractivity contribution in [3.05, 3.63) is 90.5 Å². The van der Waals surface area contributed by atoms with Crippen molar-refractivity contribution in [2.45, 2.75) is 6.42 Å². The number of aromatic nitrogens is 4. The summed E-state index contributed by atoms with van der Waals surface area (Å²) in [5.41, 5.74) is 2.99. The third-order valence-corrected chi connectivity index (χ3v) is 4.73. The number of anilines is 3. The highest BCUT2D eigenvalue weighted by Crippen LogP contribution is 2.23. The molecule has 0 bridgehead atoms. The Labute approximate surface area is 186 Å². The maximum absolute atomic E-state index is 12.4. The van der Waals surface area contributed by atoms with E-state index in [1.807, 2.05) is 60.7 Å². The summed E-state index contributed by atoms with van der Waals surface area (Å²) in [6, 6.07) is 19.2. The fourth-order valence-corrected chi connectivity index (χ4v) is 3.11. The maximum atomic E-state index is 12.4. The van der Waals surface area contributed by atoms with Gasteiger partial charge in [-0.3, -0.25) is 9.78 Å². The average Bonchev–Trinajstić information content (AvgIpc) is 2.85. The third kappa shape index (κ3) is 5.23. The van der Waals surface area contributed by atoms with Crippen LogP contribution in [0.15, 0.2) is 79.3 Å². The zero-order valence-corrected chi connectivity index (χ0v) is 17.6. The second kappa shape index (κ2) is 10.1. The Kier molecular flexibility index (Phi) is 6.62. The molecule has 0 atom stereocenters. The number of carbonyl (C=O) groups is 1. The Morgan fingerprint density at radius 1 is 0.938 bits per heavy atom. The quantitative estimate of drug-likeness (QED) is 0.395. The smallest absolute Gasteiger partial charge is 0.256 e.